The number of nitro groups is 1. The van der Waals surface area contributed by atoms with Crippen LogP contribution in [-0.4, -0.2) is 30.0 Å². The van der Waals surface area contributed by atoms with Gasteiger partial charge in [-0.1, -0.05) is 13.8 Å². The van der Waals surface area contributed by atoms with Crippen LogP contribution in [0, 0.1) is 21.8 Å². The van der Waals surface area contributed by atoms with E-state index in [2.05, 4.69) is 10.1 Å². The molecule has 1 aromatic carbocycles. The largest absolute Gasteiger partial charge is 0.467 e. The van der Waals surface area contributed by atoms with Crippen LogP contribution in [0.3, 0.4) is 0 Å². The number of halogens is 1. The molecule has 114 valence electrons. The van der Waals surface area contributed by atoms with Crippen molar-refractivity contribution in [3.8, 4) is 0 Å². The third-order valence-electron chi connectivity index (χ3n) is 2.82. The lowest BCUT2D eigenvalue weighted by Gasteiger charge is -2.19. The number of carbonyl (C=O) groups is 2. The molecule has 0 aromatic heterocycles. The maximum Gasteiger partial charge on any atom is 0.328 e. The molecule has 0 radical (unpaired) electrons. The molecule has 1 amide bonds. The van der Waals surface area contributed by atoms with Crippen LogP contribution in [0.1, 0.15) is 24.2 Å². The lowest BCUT2D eigenvalue weighted by atomic mass is 10.0. The van der Waals surface area contributed by atoms with Crippen LogP contribution in [0.15, 0.2) is 18.2 Å². The number of hydrogen-bond donors (Lipinski definition) is 1. The van der Waals surface area contributed by atoms with Crippen LogP contribution in [0.2, 0.25) is 0 Å². The molecule has 0 aliphatic heterocycles. The predicted molar refractivity (Wildman–Crippen MR) is 71.2 cm³/mol. The minimum Gasteiger partial charge on any atom is -0.467 e. The zero-order chi connectivity index (χ0) is 16.2. The second-order valence-electron chi connectivity index (χ2n) is 4.64. The van der Waals surface area contributed by atoms with Gasteiger partial charge in [-0.05, 0) is 12.0 Å². The van der Waals surface area contributed by atoms with Crippen LogP contribution in [0.25, 0.3) is 0 Å². The third-order valence-corrected chi connectivity index (χ3v) is 2.82. The van der Waals surface area contributed by atoms with E-state index < -0.39 is 34.3 Å². The number of nitro benzene ring substituents is 1. The fourth-order valence-corrected chi connectivity index (χ4v) is 1.65. The fourth-order valence-electron chi connectivity index (χ4n) is 1.65. The van der Waals surface area contributed by atoms with Gasteiger partial charge < -0.3 is 10.1 Å². The van der Waals surface area contributed by atoms with E-state index in [0.717, 1.165) is 12.1 Å². The fraction of sp³-hybridized carbons (Fsp3) is 0.385. The Balaban J connectivity index is 2.98. The molecular formula is C13H15FN2O5. The smallest absolute Gasteiger partial charge is 0.328 e. The Bertz CT molecular complexity index is 574. The molecule has 1 N–H and O–H groups in total. The minimum absolute atomic E-state index is 0.262. The van der Waals surface area contributed by atoms with E-state index in [4.69, 9.17) is 0 Å². The number of methoxy groups -OCH3 is 1. The summed E-state index contributed by atoms with van der Waals surface area (Å²) < 4.78 is 18.3. The Kier molecular flexibility index (Phi) is 5.34. The van der Waals surface area contributed by atoms with Gasteiger partial charge in [0.1, 0.15) is 11.9 Å². The van der Waals surface area contributed by atoms with Crippen molar-refractivity contribution in [2.45, 2.75) is 19.9 Å². The number of benzene rings is 1. The zero-order valence-corrected chi connectivity index (χ0v) is 11.8. The van der Waals surface area contributed by atoms with Crippen molar-refractivity contribution in [2.24, 2.45) is 5.92 Å². The molecule has 0 spiro atoms. The van der Waals surface area contributed by atoms with E-state index in [1.165, 1.54) is 7.11 Å². The van der Waals surface area contributed by atoms with Gasteiger partial charge in [0.05, 0.1) is 23.7 Å². The SMILES string of the molecule is COC(=O)[C@@H](NC(=O)c1ccc([N+](=O)[O-])cc1F)C(C)C. The number of nitrogens with one attached hydrogen (secondary N) is 1. The van der Waals surface area contributed by atoms with E-state index in [0.29, 0.717) is 6.07 Å². The standard InChI is InChI=1S/C13H15FN2O5/c1-7(2)11(13(18)21-3)15-12(17)9-5-4-8(16(19)20)6-10(9)14/h4-7,11H,1-3H3,(H,15,17)/t11-/m0/s1. The summed E-state index contributed by atoms with van der Waals surface area (Å²) in [5.74, 6) is -2.79. The molecule has 0 bridgehead atoms. The van der Waals surface area contributed by atoms with Crippen molar-refractivity contribution in [1.82, 2.24) is 5.32 Å². The van der Waals surface area contributed by atoms with E-state index in [1.54, 1.807) is 13.8 Å². The summed E-state index contributed by atoms with van der Waals surface area (Å²) in [6, 6.07) is 1.73. The summed E-state index contributed by atoms with van der Waals surface area (Å²) >= 11 is 0. The van der Waals surface area contributed by atoms with Gasteiger partial charge in [0, 0.05) is 6.07 Å². The lowest BCUT2D eigenvalue weighted by Crippen LogP contribution is -2.45. The molecular weight excluding hydrogens is 283 g/mol. The highest BCUT2D eigenvalue weighted by molar-refractivity contribution is 5.97. The lowest BCUT2D eigenvalue weighted by molar-refractivity contribution is -0.385. The number of amides is 1. The summed E-state index contributed by atoms with van der Waals surface area (Å²) in [7, 11) is 1.18. The maximum atomic E-state index is 13.7. The number of carbonyl (C=O) groups excluding carboxylic acids is 2. The van der Waals surface area contributed by atoms with Crippen molar-refractivity contribution in [3.63, 3.8) is 0 Å². The number of hydrogen-bond acceptors (Lipinski definition) is 5. The Hall–Kier alpha value is -2.51. The first-order chi connectivity index (χ1) is 9.77. The average Bonchev–Trinajstić information content (AvgIpc) is 2.42. The van der Waals surface area contributed by atoms with Crippen molar-refractivity contribution in [1.29, 1.82) is 0 Å². The van der Waals surface area contributed by atoms with Crippen LogP contribution in [0.5, 0.6) is 0 Å². The van der Waals surface area contributed by atoms with Crippen molar-refractivity contribution >= 4 is 17.6 Å². The van der Waals surface area contributed by atoms with E-state index in [-0.39, 0.29) is 11.5 Å². The van der Waals surface area contributed by atoms with Crippen LogP contribution in [0.4, 0.5) is 10.1 Å². The Labute approximate surface area is 120 Å². The number of ether oxygens (including phenoxy) is 1. The summed E-state index contributed by atoms with van der Waals surface area (Å²) in [5.41, 5.74) is -0.840. The van der Waals surface area contributed by atoms with Gasteiger partial charge in [-0.2, -0.15) is 0 Å². The molecule has 0 unspecified atom stereocenters. The van der Waals surface area contributed by atoms with Crippen molar-refractivity contribution < 1.29 is 23.6 Å². The molecule has 7 nitrogen and oxygen atoms in total. The molecule has 1 aromatic rings. The molecule has 1 atom stereocenters. The van der Waals surface area contributed by atoms with E-state index in [9.17, 15) is 24.1 Å². The van der Waals surface area contributed by atoms with Crippen LogP contribution < -0.4 is 5.32 Å². The minimum atomic E-state index is -1.03. The number of non-ortho nitro benzene ring substituents is 1. The van der Waals surface area contributed by atoms with Gasteiger partial charge in [0.2, 0.25) is 0 Å². The summed E-state index contributed by atoms with van der Waals surface area (Å²) in [6.45, 7) is 3.38. The Morgan fingerprint density at radius 1 is 1.38 bits per heavy atom. The van der Waals surface area contributed by atoms with Gasteiger partial charge in [-0.15, -0.1) is 0 Å². The van der Waals surface area contributed by atoms with Crippen LogP contribution in [-0.2, 0) is 9.53 Å². The van der Waals surface area contributed by atoms with Crippen molar-refractivity contribution in [3.05, 3.63) is 39.7 Å². The monoisotopic (exact) mass is 298 g/mol. The first-order valence-electron chi connectivity index (χ1n) is 6.10. The molecule has 8 heteroatoms. The molecule has 0 fully saturated rings. The highest BCUT2D eigenvalue weighted by Gasteiger charge is 2.26. The normalized spacial score (nSPS) is 11.9. The molecule has 0 saturated heterocycles. The average molecular weight is 298 g/mol. The third kappa shape index (κ3) is 3.98. The first kappa shape index (κ1) is 16.5. The zero-order valence-electron chi connectivity index (χ0n) is 11.8. The summed E-state index contributed by atoms with van der Waals surface area (Å²) in [6.07, 6.45) is 0. The Morgan fingerprint density at radius 3 is 2.43 bits per heavy atom. The summed E-state index contributed by atoms with van der Waals surface area (Å²) in [4.78, 5) is 33.2. The van der Waals surface area contributed by atoms with Crippen LogP contribution >= 0.6 is 0 Å². The summed E-state index contributed by atoms with van der Waals surface area (Å²) in [5, 5.41) is 12.9. The second-order valence-corrected chi connectivity index (χ2v) is 4.64. The quantitative estimate of drug-likeness (QED) is 0.506. The van der Waals surface area contributed by atoms with E-state index >= 15 is 0 Å². The molecule has 21 heavy (non-hydrogen) atoms. The molecule has 0 aliphatic carbocycles. The van der Waals surface area contributed by atoms with Gasteiger partial charge in [-0.25, -0.2) is 9.18 Å². The number of rotatable bonds is 5. The van der Waals surface area contributed by atoms with Gasteiger partial charge >= 0.3 is 5.97 Å². The molecule has 0 aliphatic rings. The highest BCUT2D eigenvalue weighted by atomic mass is 19.1. The number of esters is 1. The predicted octanol–water partition coefficient (Wildman–Crippen LogP) is 1.66. The first-order valence-corrected chi connectivity index (χ1v) is 6.10. The topological polar surface area (TPSA) is 98.5 Å². The number of nitrogens with zero attached hydrogens (tertiary/aromatic N) is 1. The van der Waals surface area contributed by atoms with Gasteiger partial charge in [-0.3, -0.25) is 14.9 Å². The highest BCUT2D eigenvalue weighted by Crippen LogP contribution is 2.17. The van der Waals surface area contributed by atoms with E-state index in [1.807, 2.05) is 0 Å². The molecule has 1 rings (SSSR count). The van der Waals surface area contributed by atoms with Gasteiger partial charge in [0.25, 0.3) is 11.6 Å². The van der Waals surface area contributed by atoms with Gasteiger partial charge in [0.15, 0.2) is 0 Å². The maximum absolute atomic E-state index is 13.7. The second kappa shape index (κ2) is 6.78. The molecule has 0 heterocycles. The molecule has 0 saturated carbocycles. The Morgan fingerprint density at radius 2 is 2.00 bits per heavy atom. The van der Waals surface area contributed by atoms with Crippen molar-refractivity contribution in [2.75, 3.05) is 7.11 Å².